The Morgan fingerprint density at radius 1 is 0.833 bits per heavy atom. The highest BCUT2D eigenvalue weighted by molar-refractivity contribution is 5.18. The van der Waals surface area contributed by atoms with Gasteiger partial charge in [-0.1, -0.05) is 0 Å². The van der Waals surface area contributed by atoms with Crippen LogP contribution in [0.4, 0.5) is 0 Å². The normalized spacial score (nSPS) is 41.3. The molecule has 0 N–H and O–H groups in total. The van der Waals surface area contributed by atoms with Crippen LogP contribution in [0.15, 0.2) is 0 Å². The average Bonchev–Trinajstić information content (AvgIpc) is 2.31. The summed E-state index contributed by atoms with van der Waals surface area (Å²) in [6, 6.07) is 0. The summed E-state index contributed by atoms with van der Waals surface area (Å²) in [6.07, 6.45) is 8.38. The van der Waals surface area contributed by atoms with Crippen molar-refractivity contribution in [2.75, 3.05) is 0 Å². The van der Waals surface area contributed by atoms with Gasteiger partial charge in [0, 0.05) is 5.41 Å². The van der Waals surface area contributed by atoms with Crippen molar-refractivity contribution in [3.8, 4) is 0 Å². The smallest absolute Gasteiger partial charge is 0.157 e. The van der Waals surface area contributed by atoms with Crippen molar-refractivity contribution in [2.45, 2.75) is 57.8 Å². The lowest BCUT2D eigenvalue weighted by Crippen LogP contribution is -2.49. The molecule has 1 aromatic heterocycles. The fourth-order valence-corrected chi connectivity index (χ4v) is 5.07. The van der Waals surface area contributed by atoms with Gasteiger partial charge >= 0.3 is 0 Å². The van der Waals surface area contributed by atoms with Crippen LogP contribution in [0.1, 0.15) is 55.7 Å². The van der Waals surface area contributed by atoms with Gasteiger partial charge in [-0.05, 0) is 70.1 Å². The van der Waals surface area contributed by atoms with Gasteiger partial charge in [0.25, 0.3) is 0 Å². The molecule has 96 valence electrons. The first-order valence-electron chi connectivity index (χ1n) is 7.33. The predicted octanol–water partition coefficient (Wildman–Crippen LogP) is 2.96. The molecule has 1 heterocycles. The molecule has 0 amide bonds. The number of aryl methyl sites for hydroxylation is 2. The second kappa shape index (κ2) is 3.52. The zero-order chi connectivity index (χ0) is 12.3. The van der Waals surface area contributed by atoms with Crippen molar-refractivity contribution < 1.29 is 0 Å². The van der Waals surface area contributed by atoms with Gasteiger partial charge in [-0.3, -0.25) is 0 Å². The number of nitrogens with zero attached hydrogens (tertiary/aromatic N) is 3. The maximum absolute atomic E-state index is 4.79. The lowest BCUT2D eigenvalue weighted by atomic mass is 9.49. The molecule has 1 aromatic rings. The number of rotatable bonds is 1. The molecule has 4 bridgehead atoms. The maximum Gasteiger partial charge on any atom is 0.157 e. The lowest BCUT2D eigenvalue weighted by molar-refractivity contribution is -0.00997. The molecule has 0 unspecified atom stereocenters. The van der Waals surface area contributed by atoms with Crippen LogP contribution < -0.4 is 0 Å². The summed E-state index contributed by atoms with van der Waals surface area (Å²) in [5.41, 5.74) is 2.33. The van der Waals surface area contributed by atoms with E-state index in [2.05, 4.69) is 17.1 Å². The molecule has 0 radical (unpaired) electrons. The molecule has 3 heteroatoms. The van der Waals surface area contributed by atoms with Crippen molar-refractivity contribution in [3.05, 3.63) is 17.2 Å². The molecule has 18 heavy (non-hydrogen) atoms. The van der Waals surface area contributed by atoms with Crippen LogP contribution in [0, 0.1) is 31.6 Å². The summed E-state index contributed by atoms with van der Waals surface area (Å²) in [5.74, 6) is 3.90. The van der Waals surface area contributed by atoms with Gasteiger partial charge in [0.1, 0.15) is 0 Å². The Labute approximate surface area is 108 Å². The van der Waals surface area contributed by atoms with Crippen molar-refractivity contribution in [2.24, 2.45) is 17.8 Å². The van der Waals surface area contributed by atoms with Crippen molar-refractivity contribution in [3.63, 3.8) is 0 Å². The van der Waals surface area contributed by atoms with Gasteiger partial charge < -0.3 is 0 Å². The molecule has 0 aliphatic heterocycles. The van der Waals surface area contributed by atoms with E-state index in [-0.39, 0.29) is 0 Å². The van der Waals surface area contributed by atoms with E-state index < -0.39 is 0 Å². The SMILES string of the molecule is Cc1nnc(C23CC4CC(CC(C4)C2)C3)nc1C. The van der Waals surface area contributed by atoms with E-state index in [1.165, 1.54) is 38.5 Å². The quantitative estimate of drug-likeness (QED) is 0.761. The van der Waals surface area contributed by atoms with Crippen LogP contribution in [0.5, 0.6) is 0 Å². The Kier molecular flexibility index (Phi) is 2.13. The topological polar surface area (TPSA) is 38.7 Å². The van der Waals surface area contributed by atoms with E-state index in [4.69, 9.17) is 4.98 Å². The van der Waals surface area contributed by atoms with E-state index in [9.17, 15) is 0 Å². The van der Waals surface area contributed by atoms with Crippen LogP contribution in [0.3, 0.4) is 0 Å². The third-order valence-corrected chi connectivity index (χ3v) is 5.60. The second-order valence-electron chi connectivity index (χ2n) is 7.00. The van der Waals surface area contributed by atoms with Crippen LogP contribution in [-0.4, -0.2) is 15.2 Å². The molecule has 3 nitrogen and oxygen atoms in total. The van der Waals surface area contributed by atoms with E-state index in [0.717, 1.165) is 35.0 Å². The minimum atomic E-state index is 0.292. The molecule has 4 fully saturated rings. The first-order chi connectivity index (χ1) is 8.64. The summed E-state index contributed by atoms with van der Waals surface area (Å²) >= 11 is 0. The fraction of sp³-hybridized carbons (Fsp3) is 0.800. The number of aromatic nitrogens is 3. The van der Waals surface area contributed by atoms with Gasteiger partial charge in [-0.15, -0.1) is 5.10 Å². The van der Waals surface area contributed by atoms with Crippen molar-refractivity contribution in [1.29, 1.82) is 0 Å². The monoisotopic (exact) mass is 243 g/mol. The van der Waals surface area contributed by atoms with Crippen LogP contribution in [-0.2, 0) is 5.41 Å². The van der Waals surface area contributed by atoms with Gasteiger partial charge in [-0.25, -0.2) is 4.98 Å². The van der Waals surface area contributed by atoms with E-state index >= 15 is 0 Å². The first-order valence-corrected chi connectivity index (χ1v) is 7.33. The summed E-state index contributed by atoms with van der Waals surface area (Å²) < 4.78 is 0. The minimum Gasteiger partial charge on any atom is -0.234 e. The molecule has 4 saturated carbocycles. The molecular formula is C15H21N3. The van der Waals surface area contributed by atoms with Gasteiger partial charge in [0.05, 0.1) is 11.4 Å². The number of hydrogen-bond acceptors (Lipinski definition) is 3. The molecular weight excluding hydrogens is 222 g/mol. The first kappa shape index (κ1) is 10.9. The minimum absolute atomic E-state index is 0.292. The summed E-state index contributed by atoms with van der Waals surface area (Å²) in [7, 11) is 0. The standard InChI is InChI=1S/C15H21N3/c1-9-10(2)17-18-14(16-9)15-6-11-3-12(7-15)5-13(4-11)8-15/h11-13H,3-8H2,1-2H3. The largest absolute Gasteiger partial charge is 0.234 e. The average molecular weight is 243 g/mol. The van der Waals surface area contributed by atoms with Gasteiger partial charge in [0.15, 0.2) is 5.82 Å². The third-order valence-electron chi connectivity index (χ3n) is 5.60. The van der Waals surface area contributed by atoms with Gasteiger partial charge in [-0.2, -0.15) is 5.10 Å². The molecule has 4 aliphatic carbocycles. The highest BCUT2D eigenvalue weighted by atomic mass is 15.2. The lowest BCUT2D eigenvalue weighted by Gasteiger charge is -2.55. The Hall–Kier alpha value is -0.990. The molecule has 0 spiro atoms. The highest BCUT2D eigenvalue weighted by Crippen LogP contribution is 2.59. The Balaban J connectivity index is 1.76. The zero-order valence-electron chi connectivity index (χ0n) is 11.3. The van der Waals surface area contributed by atoms with E-state index in [1.54, 1.807) is 0 Å². The van der Waals surface area contributed by atoms with Crippen LogP contribution in [0.25, 0.3) is 0 Å². The van der Waals surface area contributed by atoms with Gasteiger partial charge in [0.2, 0.25) is 0 Å². The third kappa shape index (κ3) is 1.45. The summed E-state index contributed by atoms with van der Waals surface area (Å²) in [4.78, 5) is 4.79. The second-order valence-corrected chi connectivity index (χ2v) is 7.00. The molecule has 5 rings (SSSR count). The molecule has 0 aromatic carbocycles. The Bertz CT molecular complexity index is 459. The molecule has 0 atom stereocenters. The summed E-state index contributed by atoms with van der Waals surface area (Å²) in [6.45, 7) is 4.06. The summed E-state index contributed by atoms with van der Waals surface area (Å²) in [5, 5.41) is 8.79. The Morgan fingerprint density at radius 3 is 1.89 bits per heavy atom. The van der Waals surface area contributed by atoms with Crippen LogP contribution in [0.2, 0.25) is 0 Å². The number of hydrogen-bond donors (Lipinski definition) is 0. The van der Waals surface area contributed by atoms with E-state index in [1.807, 2.05) is 6.92 Å². The molecule has 0 saturated heterocycles. The van der Waals surface area contributed by atoms with Crippen molar-refractivity contribution in [1.82, 2.24) is 15.2 Å². The van der Waals surface area contributed by atoms with Crippen LogP contribution >= 0.6 is 0 Å². The Morgan fingerprint density at radius 2 is 1.39 bits per heavy atom. The van der Waals surface area contributed by atoms with E-state index in [0.29, 0.717) is 5.41 Å². The molecule has 4 aliphatic rings. The fourth-order valence-electron chi connectivity index (χ4n) is 5.07. The predicted molar refractivity (Wildman–Crippen MR) is 69.2 cm³/mol. The maximum atomic E-state index is 4.79. The zero-order valence-corrected chi connectivity index (χ0v) is 11.3. The highest BCUT2D eigenvalue weighted by Gasteiger charge is 2.53. The van der Waals surface area contributed by atoms with Crippen molar-refractivity contribution >= 4 is 0 Å².